The fraction of sp³-hybridized carbons (Fsp3) is 0.571. The van der Waals surface area contributed by atoms with Crippen LogP contribution in [0.25, 0.3) is 0 Å². The van der Waals surface area contributed by atoms with Gasteiger partial charge in [0.25, 0.3) is 0 Å². The summed E-state index contributed by atoms with van der Waals surface area (Å²) in [5.74, 6) is 0.586. The van der Waals surface area contributed by atoms with Gasteiger partial charge in [0.1, 0.15) is 0 Å². The highest BCUT2D eigenvalue weighted by Gasteiger charge is 2.28. The third kappa shape index (κ3) is 2.79. The molecule has 0 amide bonds. The number of hydrogen-bond acceptors (Lipinski definition) is 3. The molecule has 0 bridgehead atoms. The highest BCUT2D eigenvalue weighted by atomic mass is 16.3. The molecular formula is C14H21NO2. The lowest BCUT2D eigenvalue weighted by molar-refractivity contribution is 0.0464. The second-order valence-corrected chi connectivity index (χ2v) is 5.16. The van der Waals surface area contributed by atoms with Crippen molar-refractivity contribution < 1.29 is 10.2 Å². The molecule has 0 aromatic heterocycles. The Balaban J connectivity index is 2.05. The van der Waals surface area contributed by atoms with Crippen LogP contribution in [0.5, 0.6) is 0 Å². The summed E-state index contributed by atoms with van der Waals surface area (Å²) in [6.07, 6.45) is 1.72. The molecule has 0 radical (unpaired) electrons. The average molecular weight is 235 g/mol. The second kappa shape index (κ2) is 5.07. The molecule has 1 aromatic carbocycles. The lowest BCUT2D eigenvalue weighted by Crippen LogP contribution is -2.37. The molecule has 2 rings (SSSR count). The Morgan fingerprint density at radius 3 is 2.65 bits per heavy atom. The first kappa shape index (κ1) is 12.4. The molecule has 94 valence electrons. The van der Waals surface area contributed by atoms with E-state index < -0.39 is 0 Å². The number of aliphatic hydroxyl groups is 2. The Morgan fingerprint density at radius 1 is 1.35 bits per heavy atom. The minimum atomic E-state index is -0.0938. The molecule has 1 aliphatic carbocycles. The third-order valence-electron chi connectivity index (χ3n) is 3.56. The number of anilines is 1. The first-order valence-electron chi connectivity index (χ1n) is 6.19. The van der Waals surface area contributed by atoms with Crippen molar-refractivity contribution in [3.63, 3.8) is 0 Å². The van der Waals surface area contributed by atoms with E-state index in [1.54, 1.807) is 0 Å². The third-order valence-corrected chi connectivity index (χ3v) is 3.56. The van der Waals surface area contributed by atoms with E-state index in [1.165, 1.54) is 5.56 Å². The first-order chi connectivity index (χ1) is 8.10. The summed E-state index contributed by atoms with van der Waals surface area (Å²) < 4.78 is 0. The predicted octanol–water partition coefficient (Wildman–Crippen LogP) is 1.69. The van der Waals surface area contributed by atoms with Gasteiger partial charge in [0, 0.05) is 24.8 Å². The lowest BCUT2D eigenvalue weighted by atomic mass is 9.82. The molecule has 3 heteroatoms. The largest absolute Gasteiger partial charge is 0.393 e. The van der Waals surface area contributed by atoms with E-state index in [2.05, 4.69) is 24.1 Å². The van der Waals surface area contributed by atoms with Gasteiger partial charge in [-0.25, -0.2) is 0 Å². The van der Waals surface area contributed by atoms with Gasteiger partial charge in [0.05, 0.1) is 12.7 Å². The van der Waals surface area contributed by atoms with Crippen molar-refractivity contribution in [2.24, 2.45) is 5.92 Å². The van der Waals surface area contributed by atoms with Crippen LogP contribution in [-0.2, 0) is 6.61 Å². The molecule has 0 heterocycles. The Hall–Kier alpha value is -1.06. The van der Waals surface area contributed by atoms with Gasteiger partial charge >= 0.3 is 0 Å². The molecule has 17 heavy (non-hydrogen) atoms. The highest BCUT2D eigenvalue weighted by Crippen LogP contribution is 2.30. The van der Waals surface area contributed by atoms with Crippen molar-refractivity contribution in [1.29, 1.82) is 0 Å². The number of aryl methyl sites for hydroxylation is 1. The molecule has 0 spiro atoms. The predicted molar refractivity (Wildman–Crippen MR) is 69.1 cm³/mol. The van der Waals surface area contributed by atoms with E-state index >= 15 is 0 Å². The van der Waals surface area contributed by atoms with Crippen molar-refractivity contribution in [2.75, 3.05) is 18.5 Å². The normalized spacial score (nSPS) is 23.3. The van der Waals surface area contributed by atoms with Crippen LogP contribution in [0.1, 0.15) is 24.0 Å². The number of rotatable bonds is 4. The van der Waals surface area contributed by atoms with Crippen molar-refractivity contribution in [3.8, 4) is 0 Å². The Bertz CT molecular complexity index is 386. The monoisotopic (exact) mass is 235 g/mol. The van der Waals surface area contributed by atoms with Crippen molar-refractivity contribution in [1.82, 2.24) is 0 Å². The molecule has 3 nitrogen and oxygen atoms in total. The Labute approximate surface area is 103 Å². The van der Waals surface area contributed by atoms with Gasteiger partial charge in [0.2, 0.25) is 0 Å². The van der Waals surface area contributed by atoms with Crippen molar-refractivity contribution >= 4 is 5.69 Å². The fourth-order valence-corrected chi connectivity index (χ4v) is 2.55. The van der Waals surface area contributed by atoms with Gasteiger partial charge in [-0.05, 0) is 31.7 Å². The minimum absolute atomic E-state index is 0.0780. The van der Waals surface area contributed by atoms with Crippen molar-refractivity contribution in [3.05, 3.63) is 29.3 Å². The second-order valence-electron chi connectivity index (χ2n) is 5.16. The van der Waals surface area contributed by atoms with Crippen molar-refractivity contribution in [2.45, 2.75) is 32.5 Å². The van der Waals surface area contributed by atoms with E-state index in [4.69, 9.17) is 0 Å². The van der Waals surface area contributed by atoms with Crippen LogP contribution in [-0.4, -0.2) is 29.9 Å². The lowest BCUT2D eigenvalue weighted by Gasteiger charge is -2.35. The first-order valence-corrected chi connectivity index (χ1v) is 6.19. The molecule has 1 saturated carbocycles. The molecule has 2 N–H and O–H groups in total. The molecule has 0 aliphatic heterocycles. The maximum atomic E-state index is 9.37. The summed E-state index contributed by atoms with van der Waals surface area (Å²) >= 11 is 0. The molecule has 0 saturated heterocycles. The fourth-order valence-electron chi connectivity index (χ4n) is 2.55. The smallest absolute Gasteiger partial charge is 0.0702 e. The highest BCUT2D eigenvalue weighted by molar-refractivity contribution is 5.54. The Morgan fingerprint density at radius 2 is 2.06 bits per heavy atom. The molecule has 1 aliphatic rings. The zero-order chi connectivity index (χ0) is 12.4. The minimum Gasteiger partial charge on any atom is -0.393 e. The number of benzene rings is 1. The zero-order valence-corrected chi connectivity index (χ0v) is 10.6. The standard InChI is InChI=1S/C14H21NO2/c1-10-3-4-14(12(5-10)9-16)15(2)8-11-6-13(17)7-11/h3-5,11,13,16-17H,6-9H2,1-2H3. The summed E-state index contributed by atoms with van der Waals surface area (Å²) in [6, 6.07) is 6.16. The van der Waals surface area contributed by atoms with Gasteiger partial charge < -0.3 is 15.1 Å². The average Bonchev–Trinajstić information content (AvgIpc) is 2.26. The molecule has 1 fully saturated rings. The van der Waals surface area contributed by atoms with Gasteiger partial charge in [-0.1, -0.05) is 17.7 Å². The number of aliphatic hydroxyl groups excluding tert-OH is 2. The topological polar surface area (TPSA) is 43.7 Å². The molecule has 0 atom stereocenters. The van der Waals surface area contributed by atoms with Gasteiger partial charge in [-0.3, -0.25) is 0 Å². The van der Waals surface area contributed by atoms with Crippen LogP contribution in [0.15, 0.2) is 18.2 Å². The molecule has 1 aromatic rings. The van der Waals surface area contributed by atoms with Crippen LogP contribution < -0.4 is 4.90 Å². The van der Waals surface area contributed by atoms with E-state index in [9.17, 15) is 10.2 Å². The number of hydrogen-bond donors (Lipinski definition) is 2. The molecule has 0 unspecified atom stereocenters. The Kier molecular flexibility index (Phi) is 3.69. The summed E-state index contributed by atoms with van der Waals surface area (Å²) in [6.45, 7) is 3.06. The molecular weight excluding hydrogens is 214 g/mol. The number of nitrogens with zero attached hydrogens (tertiary/aromatic N) is 1. The van der Waals surface area contributed by atoms with Crippen LogP contribution in [0.4, 0.5) is 5.69 Å². The summed E-state index contributed by atoms with van der Waals surface area (Å²) in [5.41, 5.74) is 3.25. The summed E-state index contributed by atoms with van der Waals surface area (Å²) in [5, 5.41) is 18.7. The quantitative estimate of drug-likeness (QED) is 0.834. The van der Waals surface area contributed by atoms with E-state index in [1.807, 2.05) is 13.0 Å². The van der Waals surface area contributed by atoms with Gasteiger partial charge in [-0.2, -0.15) is 0 Å². The van der Waals surface area contributed by atoms with Crippen LogP contribution in [0.2, 0.25) is 0 Å². The van der Waals surface area contributed by atoms with Crippen LogP contribution in [0, 0.1) is 12.8 Å². The SMILES string of the molecule is Cc1ccc(N(C)CC2CC(O)C2)c(CO)c1. The maximum absolute atomic E-state index is 9.37. The van der Waals surface area contributed by atoms with E-state index in [0.29, 0.717) is 5.92 Å². The zero-order valence-electron chi connectivity index (χ0n) is 10.6. The van der Waals surface area contributed by atoms with E-state index in [-0.39, 0.29) is 12.7 Å². The van der Waals surface area contributed by atoms with Crippen LogP contribution in [0.3, 0.4) is 0 Å². The summed E-state index contributed by atoms with van der Waals surface area (Å²) in [4.78, 5) is 2.18. The summed E-state index contributed by atoms with van der Waals surface area (Å²) in [7, 11) is 2.05. The van der Waals surface area contributed by atoms with Crippen LogP contribution >= 0.6 is 0 Å². The van der Waals surface area contributed by atoms with Gasteiger partial charge in [0.15, 0.2) is 0 Å². The van der Waals surface area contributed by atoms with Gasteiger partial charge in [-0.15, -0.1) is 0 Å². The van der Waals surface area contributed by atoms with E-state index in [0.717, 1.165) is 30.6 Å². The maximum Gasteiger partial charge on any atom is 0.0702 e.